The van der Waals surface area contributed by atoms with Crippen LogP contribution in [0.1, 0.15) is 303 Å². The van der Waals surface area contributed by atoms with Gasteiger partial charge in [0.05, 0.1) is 18.8 Å². The fourth-order valence-electron chi connectivity index (χ4n) is 8.83. The van der Waals surface area contributed by atoms with Crippen molar-refractivity contribution in [1.82, 2.24) is 5.32 Å². The van der Waals surface area contributed by atoms with Gasteiger partial charge in [0.2, 0.25) is 5.91 Å². The van der Waals surface area contributed by atoms with Gasteiger partial charge in [0.1, 0.15) is 0 Å². The fourth-order valence-corrected chi connectivity index (χ4v) is 8.83. The van der Waals surface area contributed by atoms with Crippen molar-refractivity contribution in [3.8, 4) is 0 Å². The predicted octanol–water partition coefficient (Wildman–Crippen LogP) is 18.6. The van der Waals surface area contributed by atoms with E-state index in [1.165, 1.54) is 225 Å². The number of hydrogen-bond donors (Lipinski definition) is 3. The molecule has 0 spiro atoms. The average Bonchev–Trinajstić information content (AvgIpc) is 3.29. The second kappa shape index (κ2) is 54.7. The van der Waals surface area contributed by atoms with Gasteiger partial charge in [-0.25, -0.2) is 0 Å². The quantitative estimate of drug-likeness (QED) is 0.0421. The highest BCUT2D eigenvalue weighted by Gasteiger charge is 2.20. The van der Waals surface area contributed by atoms with Crippen LogP contribution in [0.2, 0.25) is 0 Å². The highest BCUT2D eigenvalue weighted by atomic mass is 16.3. The van der Waals surface area contributed by atoms with Crippen molar-refractivity contribution in [1.29, 1.82) is 0 Å². The summed E-state index contributed by atoms with van der Waals surface area (Å²) >= 11 is 0. The van der Waals surface area contributed by atoms with Gasteiger partial charge in [-0.05, 0) is 51.4 Å². The first-order valence-corrected chi connectivity index (χ1v) is 28.3. The smallest absolute Gasteiger partial charge is 0.220 e. The zero-order chi connectivity index (χ0) is 45.6. The van der Waals surface area contributed by atoms with Gasteiger partial charge in [-0.3, -0.25) is 4.79 Å². The Labute approximate surface area is 394 Å². The third-order valence-electron chi connectivity index (χ3n) is 13.1. The molecule has 3 N–H and O–H groups in total. The van der Waals surface area contributed by atoms with Gasteiger partial charge in [0.15, 0.2) is 0 Å². The van der Waals surface area contributed by atoms with Crippen LogP contribution in [-0.4, -0.2) is 34.9 Å². The van der Waals surface area contributed by atoms with Gasteiger partial charge in [-0.15, -0.1) is 0 Å². The Kier molecular flexibility index (Phi) is 53.3. The summed E-state index contributed by atoms with van der Waals surface area (Å²) in [6.45, 7) is 4.27. The van der Waals surface area contributed by atoms with E-state index in [-0.39, 0.29) is 12.5 Å². The maximum absolute atomic E-state index is 12.5. The molecular weight excluding hydrogens is 771 g/mol. The van der Waals surface area contributed by atoms with E-state index < -0.39 is 12.1 Å². The Morgan fingerprint density at radius 1 is 0.397 bits per heavy atom. The summed E-state index contributed by atoms with van der Waals surface area (Å²) in [6, 6.07) is -0.535. The van der Waals surface area contributed by atoms with Crippen molar-refractivity contribution in [3.63, 3.8) is 0 Å². The van der Waals surface area contributed by atoms with Crippen LogP contribution in [-0.2, 0) is 4.79 Å². The first-order chi connectivity index (χ1) is 31.2. The molecule has 370 valence electrons. The highest BCUT2D eigenvalue weighted by Crippen LogP contribution is 2.18. The van der Waals surface area contributed by atoms with Crippen LogP contribution < -0.4 is 5.32 Å². The molecule has 0 fully saturated rings. The van der Waals surface area contributed by atoms with E-state index in [4.69, 9.17) is 0 Å². The summed E-state index contributed by atoms with van der Waals surface area (Å²) in [7, 11) is 0. The molecule has 2 atom stereocenters. The standard InChI is InChI=1S/C59H111NO3/c1-3-5-7-9-11-13-15-17-19-21-23-24-25-26-27-28-29-30-31-32-33-34-35-36-37-39-41-43-45-47-49-51-53-55-59(63)60-57(56-61)58(62)54-52-50-48-46-44-42-40-38-22-20-18-16-14-12-10-8-6-4-2/h5,7,11,13,17,19,23-24,57-58,61-62H,3-4,6,8-10,12,14-16,18,20-22,25-56H2,1-2H3,(H,60,63)/b7-5-,13-11-,19-17-,24-23-. The second-order valence-electron chi connectivity index (χ2n) is 19.3. The van der Waals surface area contributed by atoms with Gasteiger partial charge in [-0.1, -0.05) is 294 Å². The fraction of sp³-hybridized carbons (Fsp3) is 0.847. The molecule has 0 bridgehead atoms. The Bertz CT molecular complexity index is 1000. The zero-order valence-corrected chi connectivity index (χ0v) is 42.6. The molecule has 0 aliphatic carbocycles. The minimum atomic E-state index is -0.659. The third kappa shape index (κ3) is 51.2. The highest BCUT2D eigenvalue weighted by molar-refractivity contribution is 5.76. The summed E-state index contributed by atoms with van der Waals surface area (Å²) in [4.78, 5) is 12.5. The molecule has 0 aromatic heterocycles. The first kappa shape index (κ1) is 61.4. The van der Waals surface area contributed by atoms with E-state index in [1.807, 2.05) is 0 Å². The van der Waals surface area contributed by atoms with Crippen molar-refractivity contribution >= 4 is 5.91 Å². The summed E-state index contributed by atoms with van der Waals surface area (Å²) in [5.74, 6) is -0.0266. The number of amides is 1. The van der Waals surface area contributed by atoms with Gasteiger partial charge in [-0.2, -0.15) is 0 Å². The molecular formula is C59H111NO3. The van der Waals surface area contributed by atoms with Crippen molar-refractivity contribution in [2.75, 3.05) is 6.61 Å². The molecule has 0 radical (unpaired) electrons. The lowest BCUT2D eigenvalue weighted by Gasteiger charge is -2.22. The van der Waals surface area contributed by atoms with E-state index in [2.05, 4.69) is 67.8 Å². The van der Waals surface area contributed by atoms with Crippen LogP contribution in [0.3, 0.4) is 0 Å². The van der Waals surface area contributed by atoms with E-state index >= 15 is 0 Å². The van der Waals surface area contributed by atoms with Crippen molar-refractivity contribution in [3.05, 3.63) is 48.6 Å². The van der Waals surface area contributed by atoms with E-state index in [9.17, 15) is 15.0 Å². The molecule has 0 saturated carbocycles. The molecule has 0 aromatic carbocycles. The minimum Gasteiger partial charge on any atom is -0.394 e. The maximum Gasteiger partial charge on any atom is 0.220 e. The molecule has 4 heteroatoms. The van der Waals surface area contributed by atoms with E-state index in [0.717, 1.165) is 51.4 Å². The number of unbranched alkanes of at least 4 members (excludes halogenated alkanes) is 37. The van der Waals surface area contributed by atoms with Crippen LogP contribution in [0, 0.1) is 0 Å². The third-order valence-corrected chi connectivity index (χ3v) is 13.1. The average molecular weight is 883 g/mol. The van der Waals surface area contributed by atoms with Gasteiger partial charge in [0, 0.05) is 6.42 Å². The van der Waals surface area contributed by atoms with Crippen molar-refractivity contribution in [2.24, 2.45) is 0 Å². The molecule has 0 aliphatic heterocycles. The molecule has 0 heterocycles. The molecule has 0 saturated heterocycles. The number of carbonyl (C=O) groups is 1. The Hall–Kier alpha value is -1.65. The monoisotopic (exact) mass is 882 g/mol. The minimum absolute atomic E-state index is 0.0266. The van der Waals surface area contributed by atoms with Gasteiger partial charge < -0.3 is 15.5 Å². The Balaban J connectivity index is 3.42. The van der Waals surface area contributed by atoms with Crippen LogP contribution in [0.25, 0.3) is 0 Å². The predicted molar refractivity (Wildman–Crippen MR) is 281 cm³/mol. The topological polar surface area (TPSA) is 69.6 Å². The van der Waals surface area contributed by atoms with Crippen LogP contribution >= 0.6 is 0 Å². The summed E-state index contributed by atoms with van der Waals surface area (Å²) < 4.78 is 0. The normalized spacial score (nSPS) is 13.1. The van der Waals surface area contributed by atoms with Crippen molar-refractivity contribution in [2.45, 2.75) is 315 Å². The molecule has 1 amide bonds. The summed E-state index contributed by atoms with van der Waals surface area (Å²) in [5.41, 5.74) is 0. The lowest BCUT2D eigenvalue weighted by Crippen LogP contribution is -2.45. The zero-order valence-electron chi connectivity index (χ0n) is 42.6. The van der Waals surface area contributed by atoms with Gasteiger partial charge in [0.25, 0.3) is 0 Å². The molecule has 2 unspecified atom stereocenters. The SMILES string of the molecule is CC/C=C\C/C=C\C/C=C\C/C=C\CCCCCCCCCCCCCCCCCCCCCCC(=O)NC(CO)C(O)CCCCCCCCCCCCCCCCCCCC. The molecule has 4 nitrogen and oxygen atoms in total. The van der Waals surface area contributed by atoms with E-state index in [0.29, 0.717) is 12.8 Å². The lowest BCUT2D eigenvalue weighted by molar-refractivity contribution is -0.123. The molecule has 63 heavy (non-hydrogen) atoms. The molecule has 0 aromatic rings. The number of rotatable bonds is 52. The van der Waals surface area contributed by atoms with Crippen LogP contribution in [0.5, 0.6) is 0 Å². The molecule has 0 aliphatic rings. The number of aliphatic hydroxyl groups excluding tert-OH is 2. The summed E-state index contributed by atoms with van der Waals surface area (Å²) in [6.07, 6.45) is 75.3. The number of nitrogens with one attached hydrogen (secondary N) is 1. The summed E-state index contributed by atoms with van der Waals surface area (Å²) in [5, 5.41) is 23.3. The van der Waals surface area contributed by atoms with Crippen LogP contribution in [0.4, 0.5) is 0 Å². The number of aliphatic hydroxyl groups is 2. The second-order valence-corrected chi connectivity index (χ2v) is 19.3. The largest absolute Gasteiger partial charge is 0.394 e. The first-order valence-electron chi connectivity index (χ1n) is 28.3. The van der Waals surface area contributed by atoms with E-state index in [1.54, 1.807) is 0 Å². The molecule has 0 rings (SSSR count). The Morgan fingerprint density at radius 3 is 1.05 bits per heavy atom. The van der Waals surface area contributed by atoms with Gasteiger partial charge >= 0.3 is 0 Å². The number of hydrogen-bond acceptors (Lipinski definition) is 3. The number of carbonyl (C=O) groups excluding carboxylic acids is 1. The van der Waals surface area contributed by atoms with Crippen LogP contribution in [0.15, 0.2) is 48.6 Å². The maximum atomic E-state index is 12.5. The Morgan fingerprint density at radius 2 is 0.698 bits per heavy atom. The van der Waals surface area contributed by atoms with Crippen molar-refractivity contribution < 1.29 is 15.0 Å². The number of allylic oxidation sites excluding steroid dienone is 8. The lowest BCUT2D eigenvalue weighted by atomic mass is 10.0.